The van der Waals surface area contributed by atoms with Crippen LogP contribution in [0, 0.1) is 6.92 Å². The molecule has 0 saturated carbocycles. The van der Waals surface area contributed by atoms with Crippen molar-refractivity contribution in [3.63, 3.8) is 0 Å². The predicted octanol–water partition coefficient (Wildman–Crippen LogP) is 5.30. The summed E-state index contributed by atoms with van der Waals surface area (Å²) in [5, 5.41) is 11.0. The number of alkyl halides is 1. The van der Waals surface area contributed by atoms with E-state index in [1.165, 1.54) is 6.07 Å². The molecule has 0 aliphatic carbocycles. The number of aromatic nitrogens is 1. The monoisotopic (exact) mass is 411 g/mol. The summed E-state index contributed by atoms with van der Waals surface area (Å²) in [4.78, 5) is 12.8. The Hall–Kier alpha value is -2.92. The fourth-order valence-electron chi connectivity index (χ4n) is 3.80. The number of phenols is 1. The molecule has 0 bridgehead atoms. The lowest BCUT2D eigenvalue weighted by Crippen LogP contribution is -2.02. The Balaban J connectivity index is 1.83. The van der Waals surface area contributed by atoms with Gasteiger partial charge in [0.2, 0.25) is 5.78 Å². The van der Waals surface area contributed by atoms with Gasteiger partial charge in [0.1, 0.15) is 22.8 Å². The molecule has 150 valence electrons. The summed E-state index contributed by atoms with van der Waals surface area (Å²) in [6.45, 7) is 2.87. The number of Topliss-reactive ketones (excluding diaryl/α,β-unsaturated/α-hetero) is 1. The van der Waals surface area contributed by atoms with Crippen LogP contribution in [0.5, 0.6) is 17.2 Å². The average Bonchev–Trinajstić information content (AvgIpc) is 3.18. The van der Waals surface area contributed by atoms with Crippen LogP contribution < -0.4 is 9.47 Å². The molecule has 29 heavy (non-hydrogen) atoms. The molecule has 1 N–H and O–H groups in total. The highest BCUT2D eigenvalue weighted by molar-refractivity contribution is 6.18. The van der Waals surface area contributed by atoms with Crippen molar-refractivity contribution in [3.05, 3.63) is 59.0 Å². The van der Waals surface area contributed by atoms with E-state index in [1.54, 1.807) is 25.3 Å². The minimum absolute atomic E-state index is 0.0715. The van der Waals surface area contributed by atoms with E-state index in [-0.39, 0.29) is 22.9 Å². The van der Waals surface area contributed by atoms with Crippen LogP contribution in [0.15, 0.2) is 42.2 Å². The maximum absolute atomic E-state index is 12.8. The Labute approximate surface area is 174 Å². The quantitative estimate of drug-likeness (QED) is 0.339. The van der Waals surface area contributed by atoms with E-state index in [9.17, 15) is 9.90 Å². The van der Waals surface area contributed by atoms with E-state index in [0.717, 1.165) is 47.3 Å². The number of phenolic OH excluding ortho intramolecular Hbond substituents is 1. The second-order valence-corrected chi connectivity index (χ2v) is 7.40. The van der Waals surface area contributed by atoms with E-state index >= 15 is 0 Å². The molecule has 0 unspecified atom stereocenters. The number of methoxy groups -OCH3 is 1. The summed E-state index contributed by atoms with van der Waals surface area (Å²) in [6, 6.07) is 10.8. The molecule has 1 aliphatic rings. The lowest BCUT2D eigenvalue weighted by molar-refractivity contribution is 0.101. The minimum Gasteiger partial charge on any atom is -0.507 e. The fraction of sp³-hybridized carbons (Fsp3) is 0.261. The largest absolute Gasteiger partial charge is 0.507 e. The second kappa shape index (κ2) is 7.84. The summed E-state index contributed by atoms with van der Waals surface area (Å²) in [7, 11) is 1.63. The molecular weight excluding hydrogens is 390 g/mol. The number of hydrogen-bond donors (Lipinski definition) is 1. The summed E-state index contributed by atoms with van der Waals surface area (Å²) in [5.74, 6) is 1.57. The van der Waals surface area contributed by atoms with E-state index in [1.807, 2.05) is 25.1 Å². The van der Waals surface area contributed by atoms with Gasteiger partial charge in [-0.3, -0.25) is 4.79 Å². The van der Waals surface area contributed by atoms with Crippen molar-refractivity contribution in [2.75, 3.05) is 13.0 Å². The molecule has 0 fully saturated rings. The highest BCUT2D eigenvalue weighted by Crippen LogP contribution is 2.39. The first-order chi connectivity index (χ1) is 14.0. The number of carbonyl (C=O) groups excluding carboxylic acids is 1. The number of carbonyl (C=O) groups is 1. The Kier molecular flexibility index (Phi) is 5.24. The van der Waals surface area contributed by atoms with Gasteiger partial charge in [0.15, 0.2) is 5.76 Å². The molecular formula is C23H22ClNO4. The number of unbranched alkanes of at least 4 members (excludes halogenated alkanes) is 1. The predicted molar refractivity (Wildman–Crippen MR) is 114 cm³/mol. The number of aromatic hydroxyl groups is 1. The van der Waals surface area contributed by atoms with Crippen LogP contribution in [0.25, 0.3) is 17.0 Å². The molecule has 1 aromatic heterocycles. The van der Waals surface area contributed by atoms with Gasteiger partial charge in [0.05, 0.1) is 7.11 Å². The molecule has 0 radical (unpaired) electrons. The third-order valence-corrected chi connectivity index (χ3v) is 5.56. The Morgan fingerprint density at radius 1 is 1.24 bits per heavy atom. The summed E-state index contributed by atoms with van der Waals surface area (Å²) < 4.78 is 13.4. The van der Waals surface area contributed by atoms with Crippen molar-refractivity contribution in [1.29, 1.82) is 0 Å². The number of ketones is 1. The maximum Gasteiger partial charge on any atom is 0.235 e. The lowest BCUT2D eigenvalue weighted by atomic mass is 10.1. The van der Waals surface area contributed by atoms with Crippen LogP contribution >= 0.6 is 11.6 Å². The van der Waals surface area contributed by atoms with Crippen molar-refractivity contribution >= 4 is 34.4 Å². The van der Waals surface area contributed by atoms with Gasteiger partial charge in [-0.1, -0.05) is 6.07 Å². The summed E-state index contributed by atoms with van der Waals surface area (Å²) in [6.07, 6.45) is 3.66. The molecule has 0 spiro atoms. The molecule has 0 amide bonds. The highest BCUT2D eigenvalue weighted by Gasteiger charge is 2.31. The first kappa shape index (κ1) is 19.4. The third kappa shape index (κ3) is 3.36. The molecule has 2 heterocycles. The van der Waals surface area contributed by atoms with Crippen LogP contribution in [-0.2, 0) is 6.54 Å². The van der Waals surface area contributed by atoms with Gasteiger partial charge in [-0.05, 0) is 56.2 Å². The lowest BCUT2D eigenvalue weighted by Gasteiger charge is -2.08. The van der Waals surface area contributed by atoms with E-state index in [2.05, 4.69) is 4.57 Å². The zero-order chi connectivity index (χ0) is 20.5. The summed E-state index contributed by atoms with van der Waals surface area (Å²) >= 11 is 5.85. The number of nitrogens with zero attached hydrogens (tertiary/aromatic N) is 1. The number of fused-ring (bicyclic) bond motifs is 2. The maximum atomic E-state index is 12.8. The van der Waals surface area contributed by atoms with Gasteiger partial charge >= 0.3 is 0 Å². The van der Waals surface area contributed by atoms with E-state index in [0.29, 0.717) is 11.6 Å². The molecule has 1 aliphatic heterocycles. The van der Waals surface area contributed by atoms with Crippen molar-refractivity contribution in [2.24, 2.45) is 0 Å². The van der Waals surface area contributed by atoms with Crippen LogP contribution in [0.3, 0.4) is 0 Å². The molecule has 5 nitrogen and oxygen atoms in total. The van der Waals surface area contributed by atoms with Crippen molar-refractivity contribution in [3.8, 4) is 17.2 Å². The molecule has 4 rings (SSSR count). The molecule has 0 saturated heterocycles. The Morgan fingerprint density at radius 2 is 2.07 bits per heavy atom. The van der Waals surface area contributed by atoms with Gasteiger partial charge in [-0.15, -0.1) is 11.6 Å². The van der Waals surface area contributed by atoms with Crippen LogP contribution in [-0.4, -0.2) is 28.4 Å². The van der Waals surface area contributed by atoms with Gasteiger partial charge in [0, 0.05) is 34.6 Å². The molecule has 2 aromatic carbocycles. The average molecular weight is 412 g/mol. The number of aryl methyl sites for hydroxylation is 1. The number of allylic oxidation sites excluding steroid dienone is 1. The second-order valence-electron chi connectivity index (χ2n) is 7.02. The fourth-order valence-corrected chi connectivity index (χ4v) is 3.98. The first-order valence-electron chi connectivity index (χ1n) is 9.54. The van der Waals surface area contributed by atoms with Gasteiger partial charge < -0.3 is 19.1 Å². The number of halogens is 1. The number of rotatable bonds is 6. The normalized spacial score (nSPS) is 14.4. The number of ether oxygens (including phenoxy) is 2. The molecule has 6 heteroatoms. The van der Waals surface area contributed by atoms with Gasteiger partial charge in [-0.25, -0.2) is 0 Å². The Morgan fingerprint density at radius 3 is 2.79 bits per heavy atom. The first-order valence-corrected chi connectivity index (χ1v) is 10.1. The summed E-state index contributed by atoms with van der Waals surface area (Å²) in [5.41, 5.74) is 3.21. The molecule has 3 aromatic rings. The van der Waals surface area contributed by atoms with E-state index < -0.39 is 0 Å². The zero-order valence-electron chi connectivity index (χ0n) is 16.4. The van der Waals surface area contributed by atoms with E-state index in [4.69, 9.17) is 21.1 Å². The topological polar surface area (TPSA) is 60.7 Å². The third-order valence-electron chi connectivity index (χ3n) is 5.30. The Bertz CT molecular complexity index is 1130. The smallest absolute Gasteiger partial charge is 0.235 e. The van der Waals surface area contributed by atoms with Gasteiger partial charge in [0.25, 0.3) is 0 Å². The number of hydrogen-bond acceptors (Lipinski definition) is 4. The highest BCUT2D eigenvalue weighted by atomic mass is 35.5. The molecule has 0 atom stereocenters. The SMILES string of the molecule is COc1ccc2c(c1)c(C=C1Oc3cccc(O)c3C1=O)c(C)n2CCCCCl. The van der Waals surface area contributed by atoms with Crippen LogP contribution in [0.4, 0.5) is 0 Å². The number of benzene rings is 2. The van der Waals surface area contributed by atoms with Crippen LogP contribution in [0.1, 0.15) is 34.5 Å². The van der Waals surface area contributed by atoms with Crippen molar-refractivity contribution in [2.45, 2.75) is 26.3 Å². The standard InChI is InChI=1S/C23H22ClNO4/c1-14-16(13-21-23(27)22-19(26)6-5-7-20(22)29-21)17-12-15(28-2)8-9-18(17)25(14)11-4-3-10-24/h5-9,12-13,26H,3-4,10-11H2,1-2H3. The zero-order valence-corrected chi connectivity index (χ0v) is 17.1. The van der Waals surface area contributed by atoms with Crippen LogP contribution in [0.2, 0.25) is 0 Å². The van der Waals surface area contributed by atoms with Crippen molar-refractivity contribution < 1.29 is 19.4 Å². The van der Waals surface area contributed by atoms with Crippen molar-refractivity contribution in [1.82, 2.24) is 4.57 Å². The minimum atomic E-state index is -0.316. The van der Waals surface area contributed by atoms with Gasteiger partial charge in [-0.2, -0.15) is 0 Å².